The fourth-order valence-electron chi connectivity index (χ4n) is 2.83. The lowest BCUT2D eigenvalue weighted by atomic mass is 10.2. The number of nitrogens with one attached hydrogen (secondary N) is 2. The molecule has 0 spiro atoms. The number of benzene rings is 1. The molecule has 1 aromatic rings. The van der Waals surface area contributed by atoms with Gasteiger partial charge < -0.3 is 20.1 Å². The lowest BCUT2D eigenvalue weighted by Crippen LogP contribution is -2.49. The number of hydrogen-bond donors (Lipinski definition) is 2. The van der Waals surface area contributed by atoms with Crippen LogP contribution in [0.3, 0.4) is 0 Å². The van der Waals surface area contributed by atoms with Crippen molar-refractivity contribution in [3.8, 4) is 5.75 Å². The Morgan fingerprint density at radius 1 is 1.23 bits per heavy atom. The molecule has 0 amide bonds. The van der Waals surface area contributed by atoms with Gasteiger partial charge in [0, 0.05) is 37.8 Å². The van der Waals surface area contributed by atoms with Crippen molar-refractivity contribution in [2.24, 2.45) is 4.99 Å². The Morgan fingerprint density at radius 2 is 1.96 bits per heavy atom. The molecule has 6 nitrogen and oxygen atoms in total. The third kappa shape index (κ3) is 7.67. The molecule has 2 rings (SSSR count). The normalized spacial score (nSPS) is 16.5. The lowest BCUT2D eigenvalue weighted by Gasteiger charge is -2.32. The maximum Gasteiger partial charge on any atom is 0.191 e. The minimum atomic E-state index is 0. The number of aliphatic imine (C=N–C) groups is 1. The van der Waals surface area contributed by atoms with Crippen LogP contribution in [0.1, 0.15) is 26.3 Å². The molecule has 0 saturated carbocycles. The summed E-state index contributed by atoms with van der Waals surface area (Å²) in [6, 6.07) is 8.52. The molecular weight excluding hydrogens is 443 g/mol. The smallest absolute Gasteiger partial charge is 0.191 e. The number of para-hydroxylation sites is 1. The largest absolute Gasteiger partial charge is 0.494 e. The zero-order valence-corrected chi connectivity index (χ0v) is 18.5. The van der Waals surface area contributed by atoms with Crippen LogP contribution in [0.25, 0.3) is 0 Å². The molecule has 1 saturated heterocycles. The zero-order chi connectivity index (χ0) is 17.9. The molecular formula is C19H33IN4O2. The molecule has 1 fully saturated rings. The maximum absolute atomic E-state index is 5.68. The number of ether oxygens (including phenoxy) is 2. The molecule has 1 unspecified atom stereocenters. The van der Waals surface area contributed by atoms with Crippen molar-refractivity contribution in [1.82, 2.24) is 15.5 Å². The summed E-state index contributed by atoms with van der Waals surface area (Å²) in [6.45, 7) is 12.9. The van der Waals surface area contributed by atoms with Crippen LogP contribution < -0.4 is 15.4 Å². The van der Waals surface area contributed by atoms with Crippen LogP contribution in [0.4, 0.5) is 0 Å². The van der Waals surface area contributed by atoms with Crippen molar-refractivity contribution < 1.29 is 9.47 Å². The van der Waals surface area contributed by atoms with Crippen LogP contribution in [-0.2, 0) is 11.3 Å². The maximum atomic E-state index is 5.68. The number of halogens is 1. The van der Waals surface area contributed by atoms with Gasteiger partial charge in [0.05, 0.1) is 26.4 Å². The molecule has 1 aliphatic heterocycles. The predicted molar refractivity (Wildman–Crippen MR) is 118 cm³/mol. The number of nitrogens with zero attached hydrogens (tertiary/aromatic N) is 2. The van der Waals surface area contributed by atoms with E-state index < -0.39 is 0 Å². The minimum absolute atomic E-state index is 0. The molecule has 148 valence electrons. The van der Waals surface area contributed by atoms with Crippen LogP contribution in [-0.4, -0.2) is 62.9 Å². The Bertz CT molecular complexity index is 536. The van der Waals surface area contributed by atoms with E-state index in [4.69, 9.17) is 14.5 Å². The number of hydrogen-bond acceptors (Lipinski definition) is 4. The van der Waals surface area contributed by atoms with Gasteiger partial charge in [-0.2, -0.15) is 0 Å². The van der Waals surface area contributed by atoms with Crippen LogP contribution in [0.2, 0.25) is 0 Å². The molecule has 1 aromatic carbocycles. The van der Waals surface area contributed by atoms with E-state index in [1.807, 2.05) is 25.1 Å². The van der Waals surface area contributed by atoms with Crippen molar-refractivity contribution in [3.63, 3.8) is 0 Å². The quantitative estimate of drug-likeness (QED) is 0.343. The summed E-state index contributed by atoms with van der Waals surface area (Å²) in [4.78, 5) is 7.16. The van der Waals surface area contributed by atoms with Gasteiger partial charge in [-0.1, -0.05) is 18.2 Å². The average Bonchev–Trinajstić information content (AvgIpc) is 2.65. The first-order valence-corrected chi connectivity index (χ1v) is 9.29. The molecule has 0 bridgehead atoms. The fraction of sp³-hybridized carbons (Fsp3) is 0.632. The Balaban J connectivity index is 0.00000338. The van der Waals surface area contributed by atoms with Crippen LogP contribution >= 0.6 is 24.0 Å². The lowest BCUT2D eigenvalue weighted by molar-refractivity contribution is 0.0211. The van der Waals surface area contributed by atoms with Crippen molar-refractivity contribution in [1.29, 1.82) is 0 Å². The summed E-state index contributed by atoms with van der Waals surface area (Å²) in [6.07, 6.45) is 0. The van der Waals surface area contributed by atoms with E-state index >= 15 is 0 Å². The molecule has 0 aliphatic carbocycles. The van der Waals surface area contributed by atoms with Gasteiger partial charge in [-0.25, -0.2) is 4.99 Å². The highest BCUT2D eigenvalue weighted by Gasteiger charge is 2.17. The first-order chi connectivity index (χ1) is 12.2. The van der Waals surface area contributed by atoms with E-state index in [2.05, 4.69) is 35.4 Å². The van der Waals surface area contributed by atoms with Gasteiger partial charge in [0.1, 0.15) is 5.75 Å². The highest BCUT2D eigenvalue weighted by Crippen LogP contribution is 2.18. The van der Waals surface area contributed by atoms with Gasteiger partial charge in [-0.3, -0.25) is 4.90 Å². The molecule has 1 atom stereocenters. The minimum Gasteiger partial charge on any atom is -0.494 e. The van der Waals surface area contributed by atoms with E-state index in [-0.39, 0.29) is 24.0 Å². The third-order valence-corrected chi connectivity index (χ3v) is 4.26. The first kappa shape index (κ1) is 23.0. The number of rotatable bonds is 8. The van der Waals surface area contributed by atoms with E-state index in [1.54, 1.807) is 0 Å². The second kappa shape index (κ2) is 13.2. The van der Waals surface area contributed by atoms with Gasteiger partial charge in [0.25, 0.3) is 0 Å². The molecule has 7 heteroatoms. The SMILES string of the molecule is CCNC(=NCc1ccccc1OCC)NCC(C)N1CCOCC1.I. The van der Waals surface area contributed by atoms with E-state index in [1.165, 1.54) is 0 Å². The van der Waals surface area contributed by atoms with E-state index in [9.17, 15) is 0 Å². The molecule has 0 aromatic heterocycles. The predicted octanol–water partition coefficient (Wildman–Crippen LogP) is 2.48. The van der Waals surface area contributed by atoms with E-state index in [0.717, 1.165) is 56.7 Å². The highest BCUT2D eigenvalue weighted by molar-refractivity contribution is 14.0. The topological polar surface area (TPSA) is 58.1 Å². The Hall–Kier alpha value is -1.06. The van der Waals surface area contributed by atoms with Crippen LogP contribution in [0.15, 0.2) is 29.3 Å². The van der Waals surface area contributed by atoms with Crippen molar-refractivity contribution in [2.45, 2.75) is 33.4 Å². The van der Waals surface area contributed by atoms with Crippen LogP contribution in [0, 0.1) is 0 Å². The van der Waals surface area contributed by atoms with Crippen LogP contribution in [0.5, 0.6) is 5.75 Å². The van der Waals surface area contributed by atoms with Gasteiger partial charge in [-0.05, 0) is 26.8 Å². The molecule has 0 radical (unpaired) electrons. The van der Waals surface area contributed by atoms with Gasteiger partial charge in [0.15, 0.2) is 5.96 Å². The van der Waals surface area contributed by atoms with Crippen molar-refractivity contribution in [3.05, 3.63) is 29.8 Å². The van der Waals surface area contributed by atoms with Gasteiger partial charge >= 0.3 is 0 Å². The van der Waals surface area contributed by atoms with Gasteiger partial charge in [-0.15, -0.1) is 24.0 Å². The third-order valence-electron chi connectivity index (χ3n) is 4.26. The second-order valence-corrected chi connectivity index (χ2v) is 6.11. The standard InChI is InChI=1S/C19H32N4O2.HI/c1-4-20-19(21-14-16(3)23-10-12-24-13-11-23)22-15-17-8-6-7-9-18(17)25-5-2;/h6-9,16H,4-5,10-15H2,1-3H3,(H2,20,21,22);1H. The number of morpholine rings is 1. The molecule has 2 N–H and O–H groups in total. The zero-order valence-electron chi connectivity index (χ0n) is 16.2. The first-order valence-electron chi connectivity index (χ1n) is 9.29. The average molecular weight is 476 g/mol. The summed E-state index contributed by atoms with van der Waals surface area (Å²) >= 11 is 0. The second-order valence-electron chi connectivity index (χ2n) is 6.11. The summed E-state index contributed by atoms with van der Waals surface area (Å²) in [5, 5.41) is 6.77. The van der Waals surface area contributed by atoms with Gasteiger partial charge in [0.2, 0.25) is 0 Å². The highest BCUT2D eigenvalue weighted by atomic mass is 127. The summed E-state index contributed by atoms with van der Waals surface area (Å²) in [5.41, 5.74) is 1.10. The Kier molecular flexibility index (Phi) is 11.6. The molecule has 1 aliphatic rings. The fourth-order valence-corrected chi connectivity index (χ4v) is 2.83. The summed E-state index contributed by atoms with van der Waals surface area (Å²) < 4.78 is 11.1. The Labute approximate surface area is 174 Å². The van der Waals surface area contributed by atoms with E-state index in [0.29, 0.717) is 19.2 Å². The molecule has 26 heavy (non-hydrogen) atoms. The Morgan fingerprint density at radius 3 is 2.65 bits per heavy atom. The summed E-state index contributed by atoms with van der Waals surface area (Å²) in [7, 11) is 0. The summed E-state index contributed by atoms with van der Waals surface area (Å²) in [5.74, 6) is 1.75. The van der Waals surface area contributed by atoms with Crippen molar-refractivity contribution >= 4 is 29.9 Å². The molecule has 1 heterocycles. The monoisotopic (exact) mass is 476 g/mol. The number of guanidine groups is 1. The van der Waals surface area contributed by atoms with Crippen molar-refractivity contribution in [2.75, 3.05) is 46.0 Å².